The Balaban J connectivity index is 2.44. The van der Waals surface area contributed by atoms with E-state index >= 15 is 0 Å². The summed E-state index contributed by atoms with van der Waals surface area (Å²) in [5.41, 5.74) is 5.83. The Morgan fingerprint density at radius 2 is 1.74 bits per heavy atom. The molecule has 0 radical (unpaired) electrons. The molecule has 0 aromatic heterocycles. The maximum Gasteiger partial charge on any atom is 0.246 e. The summed E-state index contributed by atoms with van der Waals surface area (Å²) < 4.78 is 40.4. The van der Waals surface area contributed by atoms with Gasteiger partial charge in [-0.1, -0.05) is 12.8 Å². The summed E-state index contributed by atoms with van der Waals surface area (Å²) in [6.07, 6.45) is 3.64. The lowest BCUT2D eigenvalue weighted by Crippen LogP contribution is -2.32. The third-order valence-electron chi connectivity index (χ3n) is 3.20. The second-order valence-electron chi connectivity index (χ2n) is 4.63. The van der Waals surface area contributed by atoms with Gasteiger partial charge in [-0.25, -0.2) is 12.8 Å². The maximum atomic E-state index is 14.0. The standard InChI is InChI=1S/C12H16BrFN2O2S/c13-10-7-9(15)8-11(12(10)14)19(17,18)16-5-3-1-2-4-6-16/h7-8H,1-6,15H2. The van der Waals surface area contributed by atoms with Crippen LogP contribution in [0.25, 0.3) is 0 Å². The Bertz CT molecular complexity index is 569. The van der Waals surface area contributed by atoms with Crippen LogP contribution in [0.2, 0.25) is 0 Å². The van der Waals surface area contributed by atoms with Crippen LogP contribution in [0, 0.1) is 5.82 Å². The van der Waals surface area contributed by atoms with Gasteiger partial charge in [0, 0.05) is 18.8 Å². The zero-order valence-electron chi connectivity index (χ0n) is 10.4. The quantitative estimate of drug-likeness (QED) is 0.834. The summed E-state index contributed by atoms with van der Waals surface area (Å²) in [4.78, 5) is -0.346. The fraction of sp³-hybridized carbons (Fsp3) is 0.500. The van der Waals surface area contributed by atoms with E-state index in [1.54, 1.807) is 0 Å². The number of rotatable bonds is 2. The molecule has 0 saturated carbocycles. The molecule has 19 heavy (non-hydrogen) atoms. The average molecular weight is 351 g/mol. The molecule has 0 bridgehead atoms. The van der Waals surface area contributed by atoms with E-state index in [1.807, 2.05) is 0 Å². The molecule has 0 amide bonds. The lowest BCUT2D eigenvalue weighted by atomic mass is 10.2. The van der Waals surface area contributed by atoms with Crippen LogP contribution in [-0.4, -0.2) is 25.8 Å². The SMILES string of the molecule is Nc1cc(Br)c(F)c(S(=O)(=O)N2CCCCCC2)c1. The number of sulfonamides is 1. The van der Waals surface area contributed by atoms with E-state index in [0.29, 0.717) is 13.1 Å². The number of halogens is 2. The first-order valence-electron chi connectivity index (χ1n) is 6.17. The molecule has 0 unspecified atom stereocenters. The molecule has 4 nitrogen and oxygen atoms in total. The van der Waals surface area contributed by atoms with E-state index < -0.39 is 15.8 Å². The fourth-order valence-corrected chi connectivity index (χ4v) is 4.44. The van der Waals surface area contributed by atoms with Gasteiger partial charge in [-0.05, 0) is 40.9 Å². The van der Waals surface area contributed by atoms with Gasteiger partial charge in [0.2, 0.25) is 10.0 Å². The number of nitrogens with zero attached hydrogens (tertiary/aromatic N) is 1. The Morgan fingerprint density at radius 1 is 1.16 bits per heavy atom. The van der Waals surface area contributed by atoms with E-state index in [2.05, 4.69) is 15.9 Å². The minimum absolute atomic E-state index is 0.0703. The minimum Gasteiger partial charge on any atom is -0.399 e. The zero-order valence-corrected chi connectivity index (χ0v) is 12.8. The number of hydrogen-bond acceptors (Lipinski definition) is 3. The molecule has 1 fully saturated rings. The predicted molar refractivity (Wildman–Crippen MR) is 75.7 cm³/mol. The molecule has 1 aromatic carbocycles. The van der Waals surface area contributed by atoms with Crippen LogP contribution >= 0.6 is 15.9 Å². The van der Waals surface area contributed by atoms with Gasteiger partial charge in [0.25, 0.3) is 0 Å². The van der Waals surface area contributed by atoms with E-state index in [1.165, 1.54) is 16.4 Å². The molecular formula is C12H16BrFN2O2S. The van der Waals surface area contributed by atoms with Crippen LogP contribution in [0.5, 0.6) is 0 Å². The molecule has 1 heterocycles. The Morgan fingerprint density at radius 3 is 2.32 bits per heavy atom. The summed E-state index contributed by atoms with van der Waals surface area (Å²) in [6.45, 7) is 0.877. The lowest BCUT2D eigenvalue weighted by Gasteiger charge is -2.20. The molecule has 7 heteroatoms. The van der Waals surface area contributed by atoms with E-state index in [0.717, 1.165) is 25.7 Å². The van der Waals surface area contributed by atoms with Crippen LogP contribution in [0.4, 0.5) is 10.1 Å². The molecular weight excluding hydrogens is 335 g/mol. The van der Waals surface area contributed by atoms with Crippen molar-refractivity contribution in [3.63, 3.8) is 0 Å². The largest absolute Gasteiger partial charge is 0.399 e. The van der Waals surface area contributed by atoms with Crippen molar-refractivity contribution >= 4 is 31.6 Å². The third-order valence-corrected chi connectivity index (χ3v) is 5.67. The molecule has 1 aliphatic heterocycles. The highest BCUT2D eigenvalue weighted by Crippen LogP contribution is 2.29. The molecule has 0 spiro atoms. The van der Waals surface area contributed by atoms with Gasteiger partial charge >= 0.3 is 0 Å². The smallest absolute Gasteiger partial charge is 0.246 e. The summed E-state index contributed by atoms with van der Waals surface area (Å²) in [6, 6.07) is 2.54. The van der Waals surface area contributed by atoms with Crippen LogP contribution in [0.15, 0.2) is 21.5 Å². The third kappa shape index (κ3) is 3.09. The monoisotopic (exact) mass is 350 g/mol. The van der Waals surface area contributed by atoms with Crippen LogP contribution < -0.4 is 5.73 Å². The van der Waals surface area contributed by atoms with Gasteiger partial charge in [0.05, 0.1) is 4.47 Å². The first-order valence-corrected chi connectivity index (χ1v) is 8.41. The van der Waals surface area contributed by atoms with E-state index in [4.69, 9.17) is 5.73 Å². The van der Waals surface area contributed by atoms with Crippen LogP contribution in [0.1, 0.15) is 25.7 Å². The number of nitrogen functional groups attached to an aromatic ring is 1. The van der Waals surface area contributed by atoms with Gasteiger partial charge in [-0.2, -0.15) is 4.31 Å². The maximum absolute atomic E-state index is 14.0. The van der Waals surface area contributed by atoms with Crippen molar-refractivity contribution in [1.29, 1.82) is 0 Å². The van der Waals surface area contributed by atoms with Crippen LogP contribution in [0.3, 0.4) is 0 Å². The summed E-state index contributed by atoms with van der Waals surface area (Å²) >= 11 is 2.99. The molecule has 2 rings (SSSR count). The van der Waals surface area contributed by atoms with Crippen molar-refractivity contribution in [2.45, 2.75) is 30.6 Å². The number of benzene rings is 1. The Hall–Kier alpha value is -0.660. The molecule has 1 aromatic rings. The number of anilines is 1. The second kappa shape index (κ2) is 5.76. The Labute approximate surface area is 121 Å². The highest BCUT2D eigenvalue weighted by molar-refractivity contribution is 9.10. The van der Waals surface area contributed by atoms with Crippen molar-refractivity contribution < 1.29 is 12.8 Å². The van der Waals surface area contributed by atoms with Gasteiger partial charge in [-0.3, -0.25) is 0 Å². The van der Waals surface area contributed by atoms with E-state index in [-0.39, 0.29) is 15.1 Å². The fourth-order valence-electron chi connectivity index (χ4n) is 2.19. The summed E-state index contributed by atoms with van der Waals surface area (Å²) in [5.74, 6) is -0.779. The normalized spacial score (nSPS) is 18.2. The first-order chi connectivity index (χ1) is 8.93. The first kappa shape index (κ1) is 14.7. The molecule has 1 saturated heterocycles. The minimum atomic E-state index is -3.81. The van der Waals surface area contributed by atoms with Crippen molar-refractivity contribution in [2.24, 2.45) is 0 Å². The summed E-state index contributed by atoms with van der Waals surface area (Å²) in [5, 5.41) is 0. The van der Waals surface area contributed by atoms with Gasteiger partial charge < -0.3 is 5.73 Å². The second-order valence-corrected chi connectivity index (χ2v) is 7.39. The molecule has 0 aliphatic carbocycles. The highest BCUT2D eigenvalue weighted by atomic mass is 79.9. The number of hydrogen-bond donors (Lipinski definition) is 1. The Kier molecular flexibility index (Phi) is 4.47. The summed E-state index contributed by atoms with van der Waals surface area (Å²) in [7, 11) is -3.81. The van der Waals surface area contributed by atoms with Gasteiger partial charge in [0.1, 0.15) is 4.90 Å². The number of nitrogens with two attached hydrogens (primary N) is 1. The zero-order chi connectivity index (χ0) is 14.0. The van der Waals surface area contributed by atoms with Gasteiger partial charge in [-0.15, -0.1) is 0 Å². The van der Waals surface area contributed by atoms with Crippen molar-refractivity contribution in [1.82, 2.24) is 4.31 Å². The molecule has 2 N–H and O–H groups in total. The van der Waals surface area contributed by atoms with E-state index in [9.17, 15) is 12.8 Å². The molecule has 106 valence electrons. The molecule has 0 atom stereocenters. The highest BCUT2D eigenvalue weighted by Gasteiger charge is 2.29. The molecule has 1 aliphatic rings. The van der Waals surface area contributed by atoms with Crippen molar-refractivity contribution in [3.8, 4) is 0 Å². The van der Waals surface area contributed by atoms with Crippen LogP contribution in [-0.2, 0) is 10.0 Å². The van der Waals surface area contributed by atoms with Crippen molar-refractivity contribution in [3.05, 3.63) is 22.4 Å². The topological polar surface area (TPSA) is 63.4 Å². The average Bonchev–Trinajstić information content (AvgIpc) is 2.62. The van der Waals surface area contributed by atoms with Gasteiger partial charge in [0.15, 0.2) is 5.82 Å². The predicted octanol–water partition coefficient (Wildman–Crippen LogP) is 2.74. The van der Waals surface area contributed by atoms with Crippen molar-refractivity contribution in [2.75, 3.05) is 18.8 Å². The lowest BCUT2D eigenvalue weighted by molar-refractivity contribution is 0.419.